The molecule has 2 unspecified atom stereocenters. The number of pyridine rings is 1. The molecule has 0 aliphatic carbocycles. The lowest BCUT2D eigenvalue weighted by Crippen LogP contribution is -2.28. The number of halogens is 1. The molecule has 1 aromatic carbocycles. The highest BCUT2D eigenvalue weighted by Gasteiger charge is 2.25. The van der Waals surface area contributed by atoms with Crippen LogP contribution in [0.1, 0.15) is 49.4 Å². The number of nitrogens with one attached hydrogen (secondary N) is 1. The lowest BCUT2D eigenvalue weighted by Gasteiger charge is -2.22. The van der Waals surface area contributed by atoms with E-state index in [9.17, 15) is 4.39 Å². The summed E-state index contributed by atoms with van der Waals surface area (Å²) in [6.07, 6.45) is 12.4. The summed E-state index contributed by atoms with van der Waals surface area (Å²) in [6, 6.07) is 12.0. The molecule has 3 heterocycles. The van der Waals surface area contributed by atoms with Crippen molar-refractivity contribution < 1.29 is 9.13 Å². The highest BCUT2D eigenvalue weighted by atomic mass is 19.1. The third kappa shape index (κ3) is 5.10. The Bertz CT molecular complexity index is 1100. The minimum absolute atomic E-state index is 0.402. The van der Waals surface area contributed by atoms with Crippen LogP contribution in [0.5, 0.6) is 5.75 Å². The molecule has 4 rings (SSSR count). The van der Waals surface area contributed by atoms with Gasteiger partial charge in [0.15, 0.2) is 0 Å². The van der Waals surface area contributed by atoms with E-state index in [0.29, 0.717) is 19.4 Å². The Kier molecular flexibility index (Phi) is 7.38. The van der Waals surface area contributed by atoms with E-state index >= 15 is 0 Å². The summed E-state index contributed by atoms with van der Waals surface area (Å²) in [5.41, 5.74) is 5.24. The quantitative estimate of drug-likeness (QED) is 0.464. The van der Waals surface area contributed by atoms with Gasteiger partial charge in [-0.15, -0.1) is 0 Å². The van der Waals surface area contributed by atoms with E-state index < -0.39 is 12.3 Å². The van der Waals surface area contributed by atoms with Gasteiger partial charge in [-0.2, -0.15) is 0 Å². The first-order chi connectivity index (χ1) is 15.7. The fourth-order valence-corrected chi connectivity index (χ4v) is 4.09. The van der Waals surface area contributed by atoms with Crippen LogP contribution >= 0.6 is 0 Å². The summed E-state index contributed by atoms with van der Waals surface area (Å²) >= 11 is 0. The zero-order chi connectivity index (χ0) is 22.3. The van der Waals surface area contributed by atoms with Gasteiger partial charge in [-0.05, 0) is 74.2 Å². The summed E-state index contributed by atoms with van der Waals surface area (Å²) in [4.78, 5) is 4.54. The van der Waals surface area contributed by atoms with Crippen molar-refractivity contribution >= 4 is 17.3 Å². The normalized spacial score (nSPS) is 20.0. The molecule has 5 heteroatoms. The molecule has 0 radical (unpaired) electrons. The van der Waals surface area contributed by atoms with Crippen LogP contribution in [0.2, 0.25) is 0 Å². The van der Waals surface area contributed by atoms with Crippen LogP contribution < -0.4 is 10.1 Å². The SMILES string of the molecule is CCCC=C(C=Cc1cccc(OC2CCNCCC2F)c1C)c1cnc2ccccn12. The first kappa shape index (κ1) is 22.3. The highest BCUT2D eigenvalue weighted by Crippen LogP contribution is 2.28. The Labute approximate surface area is 189 Å². The molecule has 32 heavy (non-hydrogen) atoms. The zero-order valence-electron chi connectivity index (χ0n) is 18.9. The molecule has 1 saturated heterocycles. The number of ether oxygens (including phenoxy) is 1. The maximum absolute atomic E-state index is 14.5. The maximum Gasteiger partial charge on any atom is 0.138 e. The summed E-state index contributed by atoms with van der Waals surface area (Å²) in [6.45, 7) is 5.72. The van der Waals surface area contributed by atoms with Crippen molar-refractivity contribution in [3.63, 3.8) is 0 Å². The predicted octanol–water partition coefficient (Wildman–Crippen LogP) is 6.01. The Hall–Kier alpha value is -2.92. The van der Waals surface area contributed by atoms with Gasteiger partial charge in [0.25, 0.3) is 0 Å². The number of allylic oxidation sites excluding steroid dienone is 3. The van der Waals surface area contributed by atoms with Crippen molar-refractivity contribution in [2.24, 2.45) is 0 Å². The summed E-state index contributed by atoms with van der Waals surface area (Å²) in [5.74, 6) is 0.760. The fraction of sp³-hybridized carbons (Fsp3) is 0.370. The number of alkyl halides is 1. The van der Waals surface area contributed by atoms with Crippen LogP contribution in [0.15, 0.2) is 60.9 Å². The molecule has 2 aromatic heterocycles. The average Bonchev–Trinajstić information content (AvgIpc) is 3.13. The number of hydrogen-bond acceptors (Lipinski definition) is 3. The molecule has 1 aliphatic rings. The number of imidazole rings is 1. The van der Waals surface area contributed by atoms with Crippen molar-refractivity contribution in [1.29, 1.82) is 0 Å². The molecule has 1 aliphatic heterocycles. The van der Waals surface area contributed by atoms with Gasteiger partial charge in [0.2, 0.25) is 0 Å². The Morgan fingerprint density at radius 2 is 2.09 bits per heavy atom. The fourth-order valence-electron chi connectivity index (χ4n) is 4.09. The molecule has 0 bridgehead atoms. The number of fused-ring (bicyclic) bond motifs is 1. The minimum atomic E-state index is -0.942. The monoisotopic (exact) mass is 433 g/mol. The molecule has 1 N–H and O–H groups in total. The van der Waals surface area contributed by atoms with Crippen LogP contribution in [0.25, 0.3) is 17.3 Å². The van der Waals surface area contributed by atoms with Gasteiger partial charge in [0.1, 0.15) is 23.7 Å². The first-order valence-electron chi connectivity index (χ1n) is 11.6. The molecular weight excluding hydrogens is 401 g/mol. The van der Waals surface area contributed by atoms with E-state index in [-0.39, 0.29) is 0 Å². The van der Waals surface area contributed by atoms with Gasteiger partial charge in [-0.3, -0.25) is 4.40 Å². The first-order valence-corrected chi connectivity index (χ1v) is 11.6. The maximum atomic E-state index is 14.5. The zero-order valence-corrected chi connectivity index (χ0v) is 18.9. The van der Waals surface area contributed by atoms with Crippen molar-refractivity contribution in [2.75, 3.05) is 13.1 Å². The van der Waals surface area contributed by atoms with E-state index in [1.807, 2.05) is 49.6 Å². The molecule has 0 saturated carbocycles. The van der Waals surface area contributed by atoms with Crippen LogP contribution in [-0.2, 0) is 0 Å². The van der Waals surface area contributed by atoms with E-state index in [1.54, 1.807) is 0 Å². The summed E-state index contributed by atoms with van der Waals surface area (Å²) in [7, 11) is 0. The lowest BCUT2D eigenvalue weighted by molar-refractivity contribution is 0.0964. The van der Waals surface area contributed by atoms with Crippen LogP contribution in [-0.4, -0.2) is 34.7 Å². The summed E-state index contributed by atoms with van der Waals surface area (Å²) < 4.78 is 22.7. The van der Waals surface area contributed by atoms with Gasteiger partial charge in [-0.1, -0.05) is 49.8 Å². The van der Waals surface area contributed by atoms with E-state index in [4.69, 9.17) is 4.74 Å². The third-order valence-electron chi connectivity index (χ3n) is 6.02. The highest BCUT2D eigenvalue weighted by molar-refractivity contribution is 5.79. The van der Waals surface area contributed by atoms with Crippen molar-refractivity contribution in [1.82, 2.24) is 14.7 Å². The smallest absolute Gasteiger partial charge is 0.138 e. The lowest BCUT2D eigenvalue weighted by atomic mass is 10.0. The second kappa shape index (κ2) is 10.6. The van der Waals surface area contributed by atoms with E-state index in [0.717, 1.165) is 53.2 Å². The number of unbranched alkanes of at least 4 members (excludes halogenated alkanes) is 1. The molecule has 0 amide bonds. The van der Waals surface area contributed by atoms with Gasteiger partial charge in [-0.25, -0.2) is 9.37 Å². The Morgan fingerprint density at radius 3 is 2.97 bits per heavy atom. The van der Waals surface area contributed by atoms with Gasteiger partial charge in [0, 0.05) is 6.20 Å². The number of benzene rings is 1. The minimum Gasteiger partial charge on any atom is -0.487 e. The third-order valence-corrected chi connectivity index (χ3v) is 6.02. The number of nitrogens with zero attached hydrogens (tertiary/aromatic N) is 2. The Balaban J connectivity index is 1.60. The van der Waals surface area contributed by atoms with Crippen molar-refractivity contribution in [3.8, 4) is 5.75 Å². The standard InChI is InChI=1S/C27H32FN3O/c1-3-4-8-22(24-19-30-27-11-5-6-18-31(24)27)13-12-21-9-7-10-25(20(21)2)32-26-15-17-29-16-14-23(26)28/h5-13,18-19,23,26,29H,3-4,14-17H2,1-2H3. The van der Waals surface area contributed by atoms with Crippen LogP contribution in [0.3, 0.4) is 0 Å². The molecule has 1 fully saturated rings. The molecule has 3 aromatic rings. The topological polar surface area (TPSA) is 38.6 Å². The van der Waals surface area contributed by atoms with E-state index in [1.165, 1.54) is 0 Å². The molecule has 168 valence electrons. The molecular formula is C27H32FN3O. The molecule has 4 nitrogen and oxygen atoms in total. The van der Waals surface area contributed by atoms with Gasteiger partial charge >= 0.3 is 0 Å². The largest absolute Gasteiger partial charge is 0.487 e. The van der Waals surface area contributed by atoms with Crippen LogP contribution in [0.4, 0.5) is 4.39 Å². The molecule has 0 spiro atoms. The summed E-state index contributed by atoms with van der Waals surface area (Å²) in [5, 5.41) is 3.25. The van der Waals surface area contributed by atoms with Crippen molar-refractivity contribution in [3.05, 3.63) is 77.8 Å². The van der Waals surface area contributed by atoms with Crippen LogP contribution in [0, 0.1) is 6.92 Å². The van der Waals surface area contributed by atoms with Gasteiger partial charge in [0.05, 0.1) is 11.9 Å². The number of rotatable bonds is 7. The van der Waals surface area contributed by atoms with E-state index in [2.05, 4.69) is 45.9 Å². The van der Waals surface area contributed by atoms with Crippen molar-refractivity contribution in [2.45, 2.75) is 51.8 Å². The predicted molar refractivity (Wildman–Crippen MR) is 130 cm³/mol. The number of hydrogen-bond donors (Lipinski definition) is 1. The second-order valence-electron chi connectivity index (χ2n) is 8.32. The second-order valence-corrected chi connectivity index (χ2v) is 8.32. The molecule has 2 atom stereocenters. The Morgan fingerprint density at radius 1 is 1.22 bits per heavy atom. The average molecular weight is 434 g/mol. The van der Waals surface area contributed by atoms with Gasteiger partial charge < -0.3 is 10.1 Å². The number of aromatic nitrogens is 2.